The lowest BCUT2D eigenvalue weighted by Crippen LogP contribution is -2.24. The average Bonchev–Trinajstić information content (AvgIpc) is 2.58. The lowest BCUT2D eigenvalue weighted by molar-refractivity contribution is 0.0695. The number of carboxylic acid groups (broad SMARTS) is 1. The summed E-state index contributed by atoms with van der Waals surface area (Å²) >= 11 is 0. The Bertz CT molecular complexity index is 1090. The van der Waals surface area contributed by atoms with Crippen LogP contribution in [0.3, 0.4) is 0 Å². The molecule has 1 aromatic carbocycles. The van der Waals surface area contributed by atoms with Gasteiger partial charge in [-0.25, -0.2) is 13.2 Å². The molecule has 0 saturated carbocycles. The molecule has 0 fully saturated rings. The topological polar surface area (TPSA) is 105 Å². The molecule has 0 aliphatic rings. The molecule has 7 nitrogen and oxygen atoms in total. The molecule has 2 heterocycles. The first-order valence-corrected chi connectivity index (χ1v) is 8.34. The maximum absolute atomic E-state index is 12.5. The fourth-order valence-electron chi connectivity index (χ4n) is 2.29. The van der Waals surface area contributed by atoms with Crippen molar-refractivity contribution in [2.75, 3.05) is 4.72 Å². The zero-order valence-corrected chi connectivity index (χ0v) is 13.0. The summed E-state index contributed by atoms with van der Waals surface area (Å²) in [4.78, 5) is 23.5. The van der Waals surface area contributed by atoms with Gasteiger partial charge in [-0.05, 0) is 30.3 Å². The van der Waals surface area contributed by atoms with Crippen molar-refractivity contribution in [3.63, 3.8) is 0 Å². The Morgan fingerprint density at radius 3 is 2.38 bits per heavy atom. The number of fused-ring (bicyclic) bond motifs is 1. The Balaban J connectivity index is 2.22. The molecule has 2 N–H and O–H groups in total. The molecule has 3 aromatic rings. The number of hydrogen-bond donors (Lipinski definition) is 2. The molecule has 24 heavy (non-hydrogen) atoms. The van der Waals surface area contributed by atoms with Crippen molar-refractivity contribution in [1.29, 1.82) is 0 Å². The van der Waals surface area contributed by atoms with Gasteiger partial charge in [0, 0.05) is 6.20 Å². The number of carbonyl (C=O) groups is 1. The normalized spacial score (nSPS) is 11.3. The van der Waals surface area contributed by atoms with E-state index in [1.807, 2.05) is 0 Å². The first-order valence-electron chi connectivity index (χ1n) is 6.86. The monoisotopic (exact) mass is 344 g/mol. The molecule has 0 unspecified atom stereocenters. The summed E-state index contributed by atoms with van der Waals surface area (Å²) in [6.45, 7) is 0. The molecule has 8 heteroatoms. The maximum Gasteiger partial charge on any atom is 0.341 e. The number of benzene rings is 1. The molecular formula is C16H12N2O5S. The maximum atomic E-state index is 12.5. The van der Waals surface area contributed by atoms with E-state index in [0.717, 1.165) is 10.5 Å². The van der Waals surface area contributed by atoms with Gasteiger partial charge < -0.3 is 5.11 Å². The standard InChI is InChI=1S/C16H12N2O5S/c19-15-12(16(20)21)10-13(14-8-4-5-9-18(14)15)17-24(22,23)11-6-2-1-3-7-11/h1-10,17H,(H,20,21). The van der Waals surface area contributed by atoms with Crippen LogP contribution in [0.2, 0.25) is 0 Å². The average molecular weight is 344 g/mol. The molecule has 0 bridgehead atoms. The molecule has 0 saturated heterocycles. The van der Waals surface area contributed by atoms with E-state index in [1.54, 1.807) is 30.3 Å². The van der Waals surface area contributed by atoms with Crippen molar-refractivity contribution >= 4 is 27.2 Å². The molecule has 0 spiro atoms. The molecular weight excluding hydrogens is 332 g/mol. The number of anilines is 1. The molecule has 122 valence electrons. The Kier molecular flexibility index (Phi) is 3.82. The second kappa shape index (κ2) is 5.82. The number of nitrogens with zero attached hydrogens (tertiary/aromatic N) is 1. The van der Waals surface area contributed by atoms with E-state index in [2.05, 4.69) is 4.72 Å². The predicted molar refractivity (Wildman–Crippen MR) is 87.9 cm³/mol. The van der Waals surface area contributed by atoms with Gasteiger partial charge in [0.25, 0.3) is 15.6 Å². The number of sulfonamides is 1. The van der Waals surface area contributed by atoms with Crippen LogP contribution < -0.4 is 10.3 Å². The summed E-state index contributed by atoms with van der Waals surface area (Å²) in [5, 5.41) is 9.17. The van der Waals surface area contributed by atoms with Gasteiger partial charge in [0.05, 0.1) is 16.1 Å². The zero-order valence-electron chi connectivity index (χ0n) is 12.2. The van der Waals surface area contributed by atoms with E-state index in [-0.39, 0.29) is 16.1 Å². The summed E-state index contributed by atoms with van der Waals surface area (Å²) in [6, 6.07) is 13.4. The number of aromatic carboxylic acids is 1. The van der Waals surface area contributed by atoms with Crippen LogP contribution in [0.25, 0.3) is 5.52 Å². The van der Waals surface area contributed by atoms with E-state index in [1.165, 1.54) is 24.4 Å². The first-order chi connectivity index (χ1) is 11.4. The van der Waals surface area contributed by atoms with E-state index in [9.17, 15) is 23.1 Å². The molecule has 0 aliphatic heterocycles. The third-order valence-electron chi connectivity index (χ3n) is 3.40. The Morgan fingerprint density at radius 1 is 1.04 bits per heavy atom. The van der Waals surface area contributed by atoms with Gasteiger partial charge in [0.2, 0.25) is 0 Å². The van der Waals surface area contributed by atoms with Crippen molar-refractivity contribution in [2.45, 2.75) is 4.90 Å². The smallest absolute Gasteiger partial charge is 0.341 e. The summed E-state index contributed by atoms with van der Waals surface area (Å²) in [6.07, 6.45) is 1.38. The fourth-order valence-corrected chi connectivity index (χ4v) is 3.37. The van der Waals surface area contributed by atoms with Crippen LogP contribution in [-0.2, 0) is 10.0 Å². The predicted octanol–water partition coefficient (Wildman–Crippen LogP) is 1.80. The Morgan fingerprint density at radius 2 is 1.71 bits per heavy atom. The van der Waals surface area contributed by atoms with Crippen molar-refractivity contribution in [3.8, 4) is 0 Å². The summed E-state index contributed by atoms with van der Waals surface area (Å²) < 4.78 is 28.4. The SMILES string of the molecule is O=C(O)c1cc(NS(=O)(=O)c2ccccc2)c2ccccn2c1=O. The van der Waals surface area contributed by atoms with E-state index >= 15 is 0 Å². The van der Waals surface area contributed by atoms with Crippen LogP contribution in [0.4, 0.5) is 5.69 Å². The highest BCUT2D eigenvalue weighted by Crippen LogP contribution is 2.21. The molecule has 2 aromatic heterocycles. The van der Waals surface area contributed by atoms with Crippen LogP contribution in [0.1, 0.15) is 10.4 Å². The molecule has 0 amide bonds. The molecule has 0 radical (unpaired) electrons. The highest BCUT2D eigenvalue weighted by atomic mass is 32.2. The largest absolute Gasteiger partial charge is 0.477 e. The first kappa shape index (κ1) is 15.8. The van der Waals surface area contributed by atoms with Gasteiger partial charge in [0.1, 0.15) is 5.56 Å². The van der Waals surface area contributed by atoms with Crippen LogP contribution in [-0.4, -0.2) is 23.9 Å². The second-order valence-electron chi connectivity index (χ2n) is 4.96. The minimum Gasteiger partial charge on any atom is -0.477 e. The Labute approximate surface area is 136 Å². The van der Waals surface area contributed by atoms with Crippen molar-refractivity contribution in [2.24, 2.45) is 0 Å². The number of aromatic nitrogens is 1. The Hall–Kier alpha value is -3.13. The number of nitrogens with one attached hydrogen (secondary N) is 1. The number of carboxylic acids is 1. The highest BCUT2D eigenvalue weighted by Gasteiger charge is 2.19. The van der Waals surface area contributed by atoms with Gasteiger partial charge in [-0.1, -0.05) is 24.3 Å². The lowest BCUT2D eigenvalue weighted by Gasteiger charge is -2.12. The van der Waals surface area contributed by atoms with Crippen LogP contribution in [0.5, 0.6) is 0 Å². The molecule has 0 atom stereocenters. The quantitative estimate of drug-likeness (QED) is 0.751. The third-order valence-corrected chi connectivity index (χ3v) is 4.78. The molecule has 3 rings (SSSR count). The van der Waals surface area contributed by atoms with Crippen molar-refractivity contribution < 1.29 is 18.3 Å². The summed E-state index contributed by atoms with van der Waals surface area (Å²) in [5.41, 5.74) is -0.992. The van der Waals surface area contributed by atoms with E-state index in [0.29, 0.717) is 0 Å². The van der Waals surface area contributed by atoms with Crippen LogP contribution in [0, 0.1) is 0 Å². The zero-order chi connectivity index (χ0) is 17.3. The van der Waals surface area contributed by atoms with Crippen molar-refractivity contribution in [1.82, 2.24) is 4.40 Å². The van der Waals surface area contributed by atoms with E-state index < -0.39 is 27.1 Å². The van der Waals surface area contributed by atoms with Gasteiger partial charge in [-0.15, -0.1) is 0 Å². The number of hydrogen-bond acceptors (Lipinski definition) is 4. The summed E-state index contributed by atoms with van der Waals surface area (Å²) in [5.74, 6) is -1.43. The fraction of sp³-hybridized carbons (Fsp3) is 0. The lowest BCUT2D eigenvalue weighted by atomic mass is 10.2. The second-order valence-corrected chi connectivity index (χ2v) is 6.64. The van der Waals surface area contributed by atoms with Gasteiger partial charge in [-0.2, -0.15) is 0 Å². The van der Waals surface area contributed by atoms with Crippen molar-refractivity contribution in [3.05, 3.63) is 76.7 Å². The van der Waals surface area contributed by atoms with Crippen LogP contribution >= 0.6 is 0 Å². The third kappa shape index (κ3) is 2.74. The summed E-state index contributed by atoms with van der Waals surface area (Å²) in [7, 11) is -3.92. The van der Waals surface area contributed by atoms with E-state index in [4.69, 9.17) is 0 Å². The van der Waals surface area contributed by atoms with Crippen LogP contribution in [0.15, 0.2) is 70.5 Å². The number of pyridine rings is 2. The highest BCUT2D eigenvalue weighted by molar-refractivity contribution is 7.92. The number of rotatable bonds is 4. The molecule has 0 aliphatic carbocycles. The minimum atomic E-state index is -3.92. The minimum absolute atomic E-state index is 0.0106. The van der Waals surface area contributed by atoms with Gasteiger partial charge in [-0.3, -0.25) is 13.9 Å². The van der Waals surface area contributed by atoms with Gasteiger partial charge in [0.15, 0.2) is 0 Å². The van der Waals surface area contributed by atoms with Gasteiger partial charge >= 0.3 is 5.97 Å².